The van der Waals surface area contributed by atoms with Gasteiger partial charge in [-0.1, -0.05) is 0 Å². The summed E-state index contributed by atoms with van der Waals surface area (Å²) in [4.78, 5) is 0. The van der Waals surface area contributed by atoms with E-state index in [2.05, 4.69) is 0 Å². The SMILES string of the molecule is N[Si]1(N)C[Si](N)(N)C1. The topological polar surface area (TPSA) is 104 Å². The third-order valence-corrected chi connectivity index (χ3v) is 11.8. The lowest BCUT2D eigenvalue weighted by Gasteiger charge is -2.42. The van der Waals surface area contributed by atoms with Crippen LogP contribution in [0.5, 0.6) is 0 Å². The molecule has 8 heavy (non-hydrogen) atoms. The van der Waals surface area contributed by atoms with Gasteiger partial charge >= 0.3 is 0 Å². The number of nitrogens with two attached hydrogens (primary N) is 4. The summed E-state index contributed by atoms with van der Waals surface area (Å²) in [5.41, 5.74) is 1.58. The molecule has 0 aliphatic carbocycles. The van der Waals surface area contributed by atoms with E-state index in [1.54, 1.807) is 0 Å². The summed E-state index contributed by atoms with van der Waals surface area (Å²) in [6.45, 7) is 0. The molecule has 1 saturated heterocycles. The molecule has 0 saturated carbocycles. The smallest absolute Gasteiger partial charge is 0.195 e. The van der Waals surface area contributed by atoms with Crippen molar-refractivity contribution in [2.75, 3.05) is 0 Å². The molecule has 0 unspecified atom stereocenters. The molecule has 4 nitrogen and oxygen atoms in total. The minimum Gasteiger partial charge on any atom is -0.339 e. The van der Waals surface area contributed by atoms with Crippen LogP contribution in [0.1, 0.15) is 0 Å². The van der Waals surface area contributed by atoms with Crippen LogP contribution >= 0.6 is 0 Å². The second kappa shape index (κ2) is 1.41. The normalized spacial score (nSPS) is 31.5. The summed E-state index contributed by atoms with van der Waals surface area (Å²) < 4.78 is 0. The highest BCUT2D eigenvalue weighted by molar-refractivity contribution is 7.08. The van der Waals surface area contributed by atoms with Crippen molar-refractivity contribution in [3.63, 3.8) is 0 Å². The molecule has 0 aromatic carbocycles. The van der Waals surface area contributed by atoms with Gasteiger partial charge in [0.1, 0.15) is 0 Å². The van der Waals surface area contributed by atoms with Crippen LogP contribution in [0.3, 0.4) is 0 Å². The molecule has 0 aromatic rings. The summed E-state index contributed by atoms with van der Waals surface area (Å²) in [6, 6.07) is 0. The van der Waals surface area contributed by atoms with Gasteiger partial charge in [-0.25, -0.2) is 0 Å². The largest absolute Gasteiger partial charge is 0.339 e. The van der Waals surface area contributed by atoms with Gasteiger partial charge in [0.2, 0.25) is 0 Å². The number of hydrogen-bond donors (Lipinski definition) is 4. The molecule has 0 radical (unpaired) electrons. The average Bonchev–Trinajstić information content (AvgIpc) is 1.20. The molecule has 6 heteroatoms. The Labute approximate surface area is 50.5 Å². The van der Waals surface area contributed by atoms with E-state index >= 15 is 0 Å². The molecule has 0 bridgehead atoms. The summed E-state index contributed by atoms with van der Waals surface area (Å²) in [7, 11) is -3.55. The van der Waals surface area contributed by atoms with Gasteiger partial charge in [0.05, 0.1) is 0 Å². The van der Waals surface area contributed by atoms with Crippen LogP contribution in [0, 0.1) is 0 Å². The molecule has 1 aliphatic heterocycles. The van der Waals surface area contributed by atoms with Gasteiger partial charge in [0.15, 0.2) is 16.8 Å². The van der Waals surface area contributed by atoms with E-state index < -0.39 is 16.8 Å². The Kier molecular flexibility index (Phi) is 1.12. The molecule has 48 valence electrons. The first kappa shape index (κ1) is 6.39. The van der Waals surface area contributed by atoms with Crippen LogP contribution in [-0.2, 0) is 0 Å². The second-order valence-electron chi connectivity index (χ2n) is 2.82. The maximum absolute atomic E-state index is 5.59. The van der Waals surface area contributed by atoms with Gasteiger partial charge in [-0.05, 0) is 11.3 Å². The van der Waals surface area contributed by atoms with Crippen LogP contribution < -0.4 is 21.6 Å². The molecule has 0 aromatic heterocycles. The predicted molar refractivity (Wildman–Crippen MR) is 37.9 cm³/mol. The van der Waals surface area contributed by atoms with Crippen LogP contribution in [-0.4, -0.2) is 16.8 Å². The first-order chi connectivity index (χ1) is 3.41. The van der Waals surface area contributed by atoms with Crippen LogP contribution in [0.15, 0.2) is 0 Å². The van der Waals surface area contributed by atoms with Crippen molar-refractivity contribution in [2.24, 2.45) is 21.6 Å². The van der Waals surface area contributed by atoms with Crippen molar-refractivity contribution < 1.29 is 0 Å². The number of hydrogen-bond acceptors (Lipinski definition) is 4. The Balaban J connectivity index is 2.42. The van der Waals surface area contributed by atoms with Crippen LogP contribution in [0.25, 0.3) is 0 Å². The van der Waals surface area contributed by atoms with E-state index in [4.69, 9.17) is 21.6 Å². The van der Waals surface area contributed by atoms with Crippen LogP contribution in [0.2, 0.25) is 11.3 Å². The fourth-order valence-electron chi connectivity index (χ4n) is 1.17. The Hall–Kier alpha value is 0.274. The highest BCUT2D eigenvalue weighted by atomic mass is 28.5. The van der Waals surface area contributed by atoms with E-state index in [1.165, 1.54) is 0 Å². The molecule has 1 aliphatic rings. The zero-order valence-electron chi connectivity index (χ0n) is 4.72. The minimum absolute atomic E-state index is 0.792. The number of rotatable bonds is 0. The van der Waals surface area contributed by atoms with Crippen molar-refractivity contribution in [1.82, 2.24) is 0 Å². The lowest BCUT2D eigenvalue weighted by atomic mass is 11.8. The van der Waals surface area contributed by atoms with Gasteiger partial charge in [-0.15, -0.1) is 0 Å². The van der Waals surface area contributed by atoms with Gasteiger partial charge in [0, 0.05) is 0 Å². The van der Waals surface area contributed by atoms with Gasteiger partial charge in [-0.2, -0.15) is 0 Å². The van der Waals surface area contributed by atoms with E-state index in [0.29, 0.717) is 0 Å². The Morgan fingerprint density at radius 1 is 0.750 bits per heavy atom. The molecule has 8 N–H and O–H groups in total. The van der Waals surface area contributed by atoms with Gasteiger partial charge in [0.25, 0.3) is 0 Å². The molecule has 1 heterocycles. The first-order valence-corrected chi connectivity index (χ1v) is 7.71. The van der Waals surface area contributed by atoms with Gasteiger partial charge in [-0.3, -0.25) is 0 Å². The Morgan fingerprint density at radius 3 is 1.00 bits per heavy atom. The summed E-state index contributed by atoms with van der Waals surface area (Å²) >= 11 is 0. The predicted octanol–water partition coefficient (Wildman–Crippen LogP) is -2.20. The maximum Gasteiger partial charge on any atom is 0.195 e. The van der Waals surface area contributed by atoms with Crippen molar-refractivity contribution in [3.8, 4) is 0 Å². The molecular weight excluding hydrogens is 136 g/mol. The van der Waals surface area contributed by atoms with Crippen molar-refractivity contribution >= 4 is 16.8 Å². The lowest BCUT2D eigenvalue weighted by molar-refractivity contribution is 1.20. The summed E-state index contributed by atoms with van der Waals surface area (Å²) in [5, 5.41) is 22.4. The molecule has 0 amide bonds. The standard InChI is InChI=1S/C2H12N4Si2/c3-7(4)1-8(5,6)2-7/h1-6H2. The van der Waals surface area contributed by atoms with Crippen molar-refractivity contribution in [2.45, 2.75) is 11.3 Å². The zero-order chi connectivity index (χ0) is 6.41. The summed E-state index contributed by atoms with van der Waals surface area (Å²) in [5.74, 6) is 0. The quantitative estimate of drug-likeness (QED) is 0.293. The molecule has 0 atom stereocenters. The monoisotopic (exact) mass is 148 g/mol. The Morgan fingerprint density at radius 2 is 1.00 bits per heavy atom. The fourth-order valence-corrected chi connectivity index (χ4v) is 10.6. The van der Waals surface area contributed by atoms with Crippen molar-refractivity contribution in [3.05, 3.63) is 0 Å². The maximum atomic E-state index is 5.59. The van der Waals surface area contributed by atoms with Gasteiger partial charge < -0.3 is 21.6 Å². The minimum atomic E-state index is -1.77. The third kappa shape index (κ3) is 1.16. The third-order valence-electron chi connectivity index (χ3n) is 1.32. The lowest BCUT2D eigenvalue weighted by Crippen LogP contribution is -2.81. The average molecular weight is 148 g/mol. The Bertz CT molecular complexity index is 88.6. The van der Waals surface area contributed by atoms with E-state index in [1.807, 2.05) is 0 Å². The fraction of sp³-hybridized carbons (Fsp3) is 1.00. The molecule has 0 spiro atoms. The van der Waals surface area contributed by atoms with E-state index in [9.17, 15) is 0 Å². The highest BCUT2D eigenvalue weighted by Crippen LogP contribution is 2.23. The second-order valence-corrected chi connectivity index (χ2v) is 10.6. The molecular formula is C2H12N4Si2. The van der Waals surface area contributed by atoms with E-state index in [0.717, 1.165) is 11.3 Å². The van der Waals surface area contributed by atoms with Crippen molar-refractivity contribution in [1.29, 1.82) is 0 Å². The van der Waals surface area contributed by atoms with E-state index in [-0.39, 0.29) is 0 Å². The zero-order valence-corrected chi connectivity index (χ0v) is 6.72. The first-order valence-electron chi connectivity index (χ1n) is 2.57. The van der Waals surface area contributed by atoms with Crippen LogP contribution in [0.4, 0.5) is 0 Å². The summed E-state index contributed by atoms with van der Waals surface area (Å²) in [6.07, 6.45) is 0. The highest BCUT2D eigenvalue weighted by Gasteiger charge is 2.50. The molecule has 1 rings (SSSR count). The molecule has 1 fully saturated rings.